The second-order valence-electron chi connectivity index (χ2n) is 6.63. The number of hydrogen-bond acceptors (Lipinski definition) is 4. The fourth-order valence-corrected chi connectivity index (χ4v) is 5.00. The number of hydrogen-bond donors (Lipinski definition) is 1. The van der Waals surface area contributed by atoms with Crippen LogP contribution in [0.4, 0.5) is 0 Å². The van der Waals surface area contributed by atoms with Crippen molar-refractivity contribution >= 4 is 28.3 Å². The van der Waals surface area contributed by atoms with Gasteiger partial charge in [0.25, 0.3) is 5.91 Å². The summed E-state index contributed by atoms with van der Waals surface area (Å²) in [7, 11) is -3.51. The summed E-state index contributed by atoms with van der Waals surface area (Å²) >= 11 is 0. The number of sulfonamides is 1. The molecular formula is C17H26ClN3O3S. The Morgan fingerprint density at radius 1 is 1.16 bits per heavy atom. The van der Waals surface area contributed by atoms with Crippen molar-refractivity contribution in [3.05, 3.63) is 29.8 Å². The minimum atomic E-state index is -3.51. The molecule has 0 spiro atoms. The average Bonchev–Trinajstić information content (AvgIpc) is 3.11. The molecule has 6 nitrogen and oxygen atoms in total. The molecule has 0 radical (unpaired) electrons. The maximum absolute atomic E-state index is 12.8. The van der Waals surface area contributed by atoms with Gasteiger partial charge in [0.2, 0.25) is 10.0 Å². The summed E-state index contributed by atoms with van der Waals surface area (Å²) in [6, 6.07) is 6.43. The van der Waals surface area contributed by atoms with Gasteiger partial charge in [0.1, 0.15) is 0 Å². The van der Waals surface area contributed by atoms with Crippen LogP contribution in [-0.4, -0.2) is 56.3 Å². The van der Waals surface area contributed by atoms with Gasteiger partial charge in [0, 0.05) is 31.7 Å². The zero-order chi connectivity index (χ0) is 17.2. The van der Waals surface area contributed by atoms with Gasteiger partial charge in [-0.25, -0.2) is 8.42 Å². The molecule has 1 amide bonds. The number of carbonyl (C=O) groups excluding carboxylic acids is 1. The van der Waals surface area contributed by atoms with Crippen molar-refractivity contribution in [3.8, 4) is 0 Å². The van der Waals surface area contributed by atoms with Crippen LogP contribution in [0, 0.1) is 5.92 Å². The van der Waals surface area contributed by atoms with E-state index in [0.29, 0.717) is 44.2 Å². The Hall–Kier alpha value is -1.15. The molecule has 1 aromatic rings. The van der Waals surface area contributed by atoms with Gasteiger partial charge in [-0.15, -0.1) is 12.4 Å². The van der Waals surface area contributed by atoms with Crippen LogP contribution < -0.4 is 5.73 Å². The maximum Gasteiger partial charge on any atom is 0.253 e. The predicted molar refractivity (Wildman–Crippen MR) is 99.4 cm³/mol. The molecule has 2 aliphatic rings. The van der Waals surface area contributed by atoms with Crippen molar-refractivity contribution in [2.45, 2.75) is 30.6 Å². The Kier molecular flexibility index (Phi) is 6.85. The first-order chi connectivity index (χ1) is 11.5. The van der Waals surface area contributed by atoms with Crippen molar-refractivity contribution in [2.24, 2.45) is 11.7 Å². The number of nitrogens with two attached hydrogens (primary N) is 1. The van der Waals surface area contributed by atoms with Gasteiger partial charge < -0.3 is 10.6 Å². The maximum atomic E-state index is 12.8. The summed E-state index contributed by atoms with van der Waals surface area (Å²) in [6.07, 6.45) is 3.77. The van der Waals surface area contributed by atoms with Crippen LogP contribution >= 0.6 is 12.4 Å². The predicted octanol–water partition coefficient (Wildman–Crippen LogP) is 1.70. The molecule has 2 N–H and O–H groups in total. The van der Waals surface area contributed by atoms with E-state index >= 15 is 0 Å². The van der Waals surface area contributed by atoms with E-state index in [1.54, 1.807) is 23.1 Å². The molecule has 8 heteroatoms. The van der Waals surface area contributed by atoms with E-state index in [9.17, 15) is 13.2 Å². The lowest BCUT2D eigenvalue weighted by molar-refractivity contribution is 0.0787. The molecule has 2 fully saturated rings. The third-order valence-corrected chi connectivity index (χ3v) is 6.83. The molecule has 0 aliphatic carbocycles. The SMILES string of the molecule is Cl.NCC1CCN(C(=O)c2cccc(S(=O)(=O)N3CCCCC3)c2)C1. The lowest BCUT2D eigenvalue weighted by Crippen LogP contribution is -2.35. The van der Waals surface area contributed by atoms with E-state index in [1.165, 1.54) is 10.4 Å². The second kappa shape index (κ2) is 8.49. The van der Waals surface area contributed by atoms with E-state index in [1.807, 2.05) is 0 Å². The molecule has 0 saturated carbocycles. The molecule has 3 rings (SSSR count). The van der Waals surface area contributed by atoms with E-state index in [0.717, 1.165) is 25.7 Å². The number of benzene rings is 1. The molecule has 1 aromatic carbocycles. The third-order valence-electron chi connectivity index (χ3n) is 4.94. The smallest absolute Gasteiger partial charge is 0.253 e. The number of carbonyl (C=O) groups is 1. The van der Waals surface area contributed by atoms with Gasteiger partial charge in [-0.3, -0.25) is 4.79 Å². The summed E-state index contributed by atoms with van der Waals surface area (Å²) in [5.41, 5.74) is 6.11. The van der Waals surface area contributed by atoms with Crippen molar-refractivity contribution in [1.29, 1.82) is 0 Å². The summed E-state index contributed by atoms with van der Waals surface area (Å²) in [6.45, 7) is 3.03. The molecule has 25 heavy (non-hydrogen) atoms. The number of amides is 1. The fourth-order valence-electron chi connectivity index (χ4n) is 3.44. The number of likely N-dealkylation sites (tertiary alicyclic amines) is 1. The van der Waals surface area contributed by atoms with Crippen LogP contribution in [0.3, 0.4) is 0 Å². The second-order valence-corrected chi connectivity index (χ2v) is 8.57. The lowest BCUT2D eigenvalue weighted by Gasteiger charge is -2.26. The summed E-state index contributed by atoms with van der Waals surface area (Å²) in [5.74, 6) is 0.232. The molecule has 2 heterocycles. The van der Waals surface area contributed by atoms with Gasteiger partial charge in [0.15, 0.2) is 0 Å². The fraction of sp³-hybridized carbons (Fsp3) is 0.588. The molecule has 0 aromatic heterocycles. The van der Waals surface area contributed by atoms with Crippen LogP contribution in [0.25, 0.3) is 0 Å². The zero-order valence-corrected chi connectivity index (χ0v) is 15.9. The minimum absolute atomic E-state index is 0. The Morgan fingerprint density at radius 3 is 2.52 bits per heavy atom. The Labute approximate surface area is 155 Å². The number of piperidine rings is 1. The molecule has 1 unspecified atom stereocenters. The Morgan fingerprint density at radius 2 is 1.88 bits per heavy atom. The largest absolute Gasteiger partial charge is 0.338 e. The molecule has 2 aliphatic heterocycles. The van der Waals surface area contributed by atoms with Crippen molar-refractivity contribution in [1.82, 2.24) is 9.21 Å². The topological polar surface area (TPSA) is 83.7 Å². The Bertz CT molecular complexity index is 705. The van der Waals surface area contributed by atoms with Crippen molar-refractivity contribution < 1.29 is 13.2 Å². The number of rotatable bonds is 4. The molecule has 140 valence electrons. The molecule has 2 saturated heterocycles. The zero-order valence-electron chi connectivity index (χ0n) is 14.3. The lowest BCUT2D eigenvalue weighted by atomic mass is 10.1. The number of halogens is 1. The van der Waals surface area contributed by atoms with E-state index < -0.39 is 10.0 Å². The monoisotopic (exact) mass is 387 g/mol. The van der Waals surface area contributed by atoms with Gasteiger partial charge >= 0.3 is 0 Å². The first-order valence-corrected chi connectivity index (χ1v) is 10.1. The van der Waals surface area contributed by atoms with Crippen LogP contribution in [-0.2, 0) is 10.0 Å². The van der Waals surface area contributed by atoms with Crippen LogP contribution in [0.5, 0.6) is 0 Å². The minimum Gasteiger partial charge on any atom is -0.338 e. The quantitative estimate of drug-likeness (QED) is 0.852. The summed E-state index contributed by atoms with van der Waals surface area (Å²) in [5, 5.41) is 0. The van der Waals surface area contributed by atoms with Gasteiger partial charge in [-0.2, -0.15) is 4.31 Å². The van der Waals surface area contributed by atoms with E-state index in [-0.39, 0.29) is 23.2 Å². The van der Waals surface area contributed by atoms with Gasteiger partial charge in [0.05, 0.1) is 4.90 Å². The third kappa shape index (κ3) is 4.34. The summed E-state index contributed by atoms with van der Waals surface area (Å²) in [4.78, 5) is 14.6. The highest BCUT2D eigenvalue weighted by Gasteiger charge is 2.29. The summed E-state index contributed by atoms with van der Waals surface area (Å²) < 4.78 is 27.1. The normalized spacial score (nSPS) is 21.8. The highest BCUT2D eigenvalue weighted by atomic mass is 35.5. The van der Waals surface area contributed by atoms with Crippen LogP contribution in [0.2, 0.25) is 0 Å². The highest BCUT2D eigenvalue weighted by molar-refractivity contribution is 7.89. The standard InChI is InChI=1S/C17H25N3O3S.ClH/c18-12-14-7-10-19(13-14)17(21)15-5-4-6-16(11-15)24(22,23)20-8-2-1-3-9-20;/h4-6,11,14H,1-3,7-10,12-13,18H2;1H. The highest BCUT2D eigenvalue weighted by Crippen LogP contribution is 2.23. The van der Waals surface area contributed by atoms with Crippen LogP contribution in [0.1, 0.15) is 36.0 Å². The van der Waals surface area contributed by atoms with Crippen molar-refractivity contribution in [2.75, 3.05) is 32.7 Å². The van der Waals surface area contributed by atoms with Gasteiger partial charge in [-0.1, -0.05) is 12.5 Å². The Balaban J connectivity index is 0.00000225. The first-order valence-electron chi connectivity index (χ1n) is 8.62. The van der Waals surface area contributed by atoms with E-state index in [4.69, 9.17) is 5.73 Å². The number of nitrogens with zero attached hydrogens (tertiary/aromatic N) is 2. The van der Waals surface area contributed by atoms with Crippen molar-refractivity contribution in [3.63, 3.8) is 0 Å². The first kappa shape index (κ1) is 20.2. The molecular weight excluding hydrogens is 362 g/mol. The average molecular weight is 388 g/mol. The molecule has 1 atom stereocenters. The van der Waals surface area contributed by atoms with E-state index in [2.05, 4.69) is 0 Å². The van der Waals surface area contributed by atoms with Gasteiger partial charge in [-0.05, 0) is 49.9 Å². The van der Waals surface area contributed by atoms with Crippen LogP contribution in [0.15, 0.2) is 29.2 Å². The molecule has 0 bridgehead atoms.